The molecule has 4 rings (SSSR count). The highest BCUT2D eigenvalue weighted by molar-refractivity contribution is 6.13. The van der Waals surface area contributed by atoms with E-state index >= 15 is 0 Å². The zero-order chi connectivity index (χ0) is 28.0. The SMILES string of the molecule is C=CCN(C=C1C(=O)OC(COC)C2(C)C1=C(O)C(=O)C1=C2C(OC(C)=O)CC2(C)C(C)CCC12)CC=C. The lowest BCUT2D eigenvalue weighted by Crippen LogP contribution is -2.56. The first-order chi connectivity index (χ1) is 17.9. The van der Waals surface area contributed by atoms with Crippen LogP contribution >= 0.6 is 0 Å². The number of esters is 2. The molecule has 38 heavy (non-hydrogen) atoms. The third-order valence-corrected chi connectivity index (χ3v) is 9.22. The number of ketones is 1. The Labute approximate surface area is 224 Å². The topological polar surface area (TPSA) is 102 Å². The number of aliphatic hydroxyl groups is 1. The summed E-state index contributed by atoms with van der Waals surface area (Å²) in [5.41, 5.74) is -0.0780. The molecule has 0 bridgehead atoms. The van der Waals surface area contributed by atoms with Gasteiger partial charge in [0.25, 0.3) is 0 Å². The molecule has 8 nitrogen and oxygen atoms in total. The Morgan fingerprint density at radius 3 is 2.45 bits per heavy atom. The molecule has 3 aliphatic carbocycles. The summed E-state index contributed by atoms with van der Waals surface area (Å²) in [5.74, 6) is -1.91. The summed E-state index contributed by atoms with van der Waals surface area (Å²) in [4.78, 5) is 41.6. The molecule has 2 fully saturated rings. The first-order valence-corrected chi connectivity index (χ1v) is 13.2. The number of nitrogens with zero attached hydrogens (tertiary/aromatic N) is 1. The van der Waals surface area contributed by atoms with Gasteiger partial charge in [-0.25, -0.2) is 4.79 Å². The fraction of sp³-hybridized carbons (Fsp3) is 0.567. The number of allylic oxidation sites excluding steroid dienone is 1. The number of methoxy groups -OCH3 is 1. The summed E-state index contributed by atoms with van der Waals surface area (Å²) in [6.07, 6.45) is 5.65. The average Bonchev–Trinajstić information content (AvgIpc) is 3.13. The number of carbonyl (C=O) groups excluding carboxylic acids is 3. The minimum atomic E-state index is -1.16. The van der Waals surface area contributed by atoms with Gasteiger partial charge in [0.1, 0.15) is 12.2 Å². The van der Waals surface area contributed by atoms with Crippen molar-refractivity contribution in [3.8, 4) is 0 Å². The summed E-state index contributed by atoms with van der Waals surface area (Å²) in [5, 5.41) is 11.6. The van der Waals surface area contributed by atoms with E-state index in [0.717, 1.165) is 12.8 Å². The predicted octanol–water partition coefficient (Wildman–Crippen LogP) is 4.20. The van der Waals surface area contributed by atoms with E-state index in [0.29, 0.717) is 36.6 Å². The number of carbonyl (C=O) groups is 3. The predicted molar refractivity (Wildman–Crippen MR) is 142 cm³/mol. The van der Waals surface area contributed by atoms with E-state index in [1.54, 1.807) is 23.3 Å². The molecule has 8 heteroatoms. The van der Waals surface area contributed by atoms with Gasteiger partial charge in [0.15, 0.2) is 5.76 Å². The standard InChI is InChI=1S/C30H39NO7/c1-8-12-31(13-9-2)15-19-24-27(34)26(33)23-20-11-10-17(3)29(20,5)14-21(37-18(4)32)25(23)30(24,6)22(16-36-7)38-28(19)35/h8-9,15,17,20-22,34H,1-2,10-14,16H2,3-7H3. The van der Waals surface area contributed by atoms with Crippen LogP contribution in [-0.4, -0.2) is 66.7 Å². The van der Waals surface area contributed by atoms with Gasteiger partial charge < -0.3 is 24.2 Å². The summed E-state index contributed by atoms with van der Waals surface area (Å²) in [7, 11) is 1.51. The van der Waals surface area contributed by atoms with Crippen LogP contribution in [0.4, 0.5) is 0 Å². The van der Waals surface area contributed by atoms with Crippen LogP contribution in [0, 0.1) is 22.7 Å². The van der Waals surface area contributed by atoms with Crippen LogP contribution in [0.2, 0.25) is 0 Å². The summed E-state index contributed by atoms with van der Waals surface area (Å²) >= 11 is 0. The van der Waals surface area contributed by atoms with Crippen LogP contribution in [0.1, 0.15) is 47.0 Å². The Morgan fingerprint density at radius 1 is 1.21 bits per heavy atom. The van der Waals surface area contributed by atoms with Crippen molar-refractivity contribution < 1.29 is 33.7 Å². The molecule has 0 spiro atoms. The fourth-order valence-electron chi connectivity index (χ4n) is 7.23. The van der Waals surface area contributed by atoms with Crippen LogP contribution in [0.25, 0.3) is 0 Å². The number of ether oxygens (including phenoxy) is 3. The lowest BCUT2D eigenvalue weighted by Gasteiger charge is -2.54. The van der Waals surface area contributed by atoms with Crippen LogP contribution in [0.3, 0.4) is 0 Å². The zero-order valence-electron chi connectivity index (χ0n) is 23.0. The number of rotatable bonds is 8. The molecule has 0 aromatic rings. The minimum Gasteiger partial charge on any atom is -0.504 e. The normalized spacial score (nSPS) is 35.3. The maximum atomic E-state index is 14.1. The minimum absolute atomic E-state index is 0.0332. The summed E-state index contributed by atoms with van der Waals surface area (Å²) < 4.78 is 17.4. The van der Waals surface area contributed by atoms with Crippen LogP contribution in [0.15, 0.2) is 59.6 Å². The molecular formula is C30H39NO7. The lowest BCUT2D eigenvalue weighted by atomic mass is 9.52. The Kier molecular flexibility index (Phi) is 7.49. The highest BCUT2D eigenvalue weighted by Gasteiger charge is 2.64. The van der Waals surface area contributed by atoms with E-state index in [2.05, 4.69) is 27.0 Å². The summed E-state index contributed by atoms with van der Waals surface area (Å²) in [6.45, 7) is 15.9. The molecule has 206 valence electrons. The third-order valence-electron chi connectivity index (χ3n) is 9.22. The molecule has 1 aliphatic heterocycles. The third kappa shape index (κ3) is 4.13. The monoisotopic (exact) mass is 525 g/mol. The number of Topliss-reactive ketones (excluding diaryl/α,β-unsaturated/α-hetero) is 1. The van der Waals surface area contributed by atoms with Crippen molar-refractivity contribution >= 4 is 17.7 Å². The maximum Gasteiger partial charge on any atom is 0.340 e. The van der Waals surface area contributed by atoms with Crippen molar-refractivity contribution in [1.82, 2.24) is 4.90 Å². The smallest absolute Gasteiger partial charge is 0.340 e. The second-order valence-corrected chi connectivity index (χ2v) is 11.3. The second kappa shape index (κ2) is 10.2. The van der Waals surface area contributed by atoms with Gasteiger partial charge in [0, 0.05) is 44.5 Å². The van der Waals surface area contributed by atoms with Crippen molar-refractivity contribution in [2.24, 2.45) is 22.7 Å². The number of aliphatic hydroxyl groups excluding tert-OH is 1. The number of hydrogen-bond donors (Lipinski definition) is 1. The largest absolute Gasteiger partial charge is 0.504 e. The summed E-state index contributed by atoms with van der Waals surface area (Å²) in [6, 6.07) is 0. The maximum absolute atomic E-state index is 14.1. The first kappa shape index (κ1) is 27.9. The van der Waals surface area contributed by atoms with Crippen LogP contribution in [-0.2, 0) is 28.6 Å². The number of fused-ring (bicyclic) bond motifs is 4. The molecule has 0 radical (unpaired) electrons. The molecular weight excluding hydrogens is 486 g/mol. The Morgan fingerprint density at radius 2 is 1.87 bits per heavy atom. The highest BCUT2D eigenvalue weighted by Crippen LogP contribution is 2.64. The quantitative estimate of drug-likeness (QED) is 0.286. The van der Waals surface area contributed by atoms with Crippen molar-refractivity contribution in [2.45, 2.75) is 59.2 Å². The van der Waals surface area contributed by atoms with Crippen molar-refractivity contribution in [2.75, 3.05) is 26.8 Å². The van der Waals surface area contributed by atoms with Gasteiger partial charge in [0.05, 0.1) is 17.6 Å². The number of hydrogen-bond acceptors (Lipinski definition) is 8. The van der Waals surface area contributed by atoms with Crippen LogP contribution < -0.4 is 0 Å². The van der Waals surface area contributed by atoms with E-state index in [9.17, 15) is 19.5 Å². The molecule has 1 heterocycles. The molecule has 1 saturated carbocycles. The molecule has 0 aromatic carbocycles. The highest BCUT2D eigenvalue weighted by atomic mass is 16.6. The van der Waals surface area contributed by atoms with E-state index < -0.39 is 41.1 Å². The second-order valence-electron chi connectivity index (χ2n) is 11.3. The molecule has 4 aliphatic rings. The van der Waals surface area contributed by atoms with Crippen molar-refractivity contribution in [3.63, 3.8) is 0 Å². The molecule has 1 saturated heterocycles. The molecule has 1 N–H and O–H groups in total. The molecule has 0 aromatic heterocycles. The van der Waals surface area contributed by atoms with Crippen molar-refractivity contribution in [3.05, 3.63) is 59.6 Å². The van der Waals surface area contributed by atoms with Crippen LogP contribution in [0.5, 0.6) is 0 Å². The average molecular weight is 526 g/mol. The lowest BCUT2D eigenvalue weighted by molar-refractivity contribution is -0.160. The van der Waals surface area contributed by atoms with Gasteiger partial charge >= 0.3 is 11.9 Å². The Bertz CT molecular complexity index is 1150. The fourth-order valence-corrected chi connectivity index (χ4v) is 7.23. The Balaban J connectivity index is 2.01. The van der Waals surface area contributed by atoms with E-state index in [-0.39, 0.29) is 29.1 Å². The van der Waals surface area contributed by atoms with Gasteiger partial charge in [-0.15, -0.1) is 13.2 Å². The van der Waals surface area contributed by atoms with Gasteiger partial charge in [0.2, 0.25) is 5.78 Å². The van der Waals surface area contributed by atoms with Crippen molar-refractivity contribution in [1.29, 1.82) is 0 Å². The van der Waals surface area contributed by atoms with Gasteiger partial charge in [-0.05, 0) is 49.0 Å². The first-order valence-electron chi connectivity index (χ1n) is 13.2. The van der Waals surface area contributed by atoms with E-state index in [4.69, 9.17) is 14.2 Å². The van der Waals surface area contributed by atoms with Gasteiger partial charge in [-0.2, -0.15) is 0 Å². The zero-order valence-corrected chi connectivity index (χ0v) is 23.0. The van der Waals surface area contributed by atoms with Gasteiger partial charge in [-0.3, -0.25) is 9.59 Å². The number of cyclic esters (lactones) is 1. The molecule has 6 unspecified atom stereocenters. The van der Waals surface area contributed by atoms with E-state index in [1.165, 1.54) is 14.0 Å². The molecule has 0 amide bonds. The molecule has 6 atom stereocenters. The van der Waals surface area contributed by atoms with E-state index in [1.807, 2.05) is 6.92 Å². The van der Waals surface area contributed by atoms with Gasteiger partial charge in [-0.1, -0.05) is 26.0 Å². The Hall–Kier alpha value is -3.13.